The molecule has 0 spiro atoms. The minimum Gasteiger partial charge on any atom is -0.361 e. The van der Waals surface area contributed by atoms with Gasteiger partial charge < -0.3 is 14.3 Å². The van der Waals surface area contributed by atoms with Crippen LogP contribution in [0.15, 0.2) is 28.8 Å². The first-order valence-corrected chi connectivity index (χ1v) is 9.89. The number of rotatable bonds is 6. The van der Waals surface area contributed by atoms with Gasteiger partial charge in [0.1, 0.15) is 5.76 Å². The number of hydrogen-bond acceptors (Lipinski definition) is 4. The van der Waals surface area contributed by atoms with Crippen LogP contribution in [-0.4, -0.2) is 35.5 Å². The first-order chi connectivity index (χ1) is 13.3. The lowest BCUT2D eigenvalue weighted by atomic mass is 9.96. The molecule has 2 heterocycles. The van der Waals surface area contributed by atoms with Crippen molar-refractivity contribution < 1.29 is 14.1 Å². The van der Waals surface area contributed by atoms with E-state index < -0.39 is 0 Å². The molecule has 1 saturated heterocycles. The molecule has 2 amide bonds. The third-order valence-corrected chi connectivity index (χ3v) is 5.80. The summed E-state index contributed by atoms with van der Waals surface area (Å²) in [6.45, 7) is 8.89. The first kappa shape index (κ1) is 20.1. The minimum absolute atomic E-state index is 0.0137. The molecule has 2 atom stereocenters. The van der Waals surface area contributed by atoms with Crippen molar-refractivity contribution in [1.29, 1.82) is 0 Å². The van der Waals surface area contributed by atoms with Crippen LogP contribution in [0.4, 0.5) is 5.69 Å². The number of para-hydroxylation sites is 1. The number of benzene rings is 1. The fourth-order valence-electron chi connectivity index (χ4n) is 3.83. The van der Waals surface area contributed by atoms with Gasteiger partial charge in [-0.05, 0) is 37.8 Å². The van der Waals surface area contributed by atoms with Crippen molar-refractivity contribution >= 4 is 17.5 Å². The summed E-state index contributed by atoms with van der Waals surface area (Å²) >= 11 is 0. The van der Waals surface area contributed by atoms with Crippen LogP contribution in [0.3, 0.4) is 0 Å². The Morgan fingerprint density at radius 2 is 2.07 bits per heavy atom. The second-order valence-electron chi connectivity index (χ2n) is 7.77. The summed E-state index contributed by atoms with van der Waals surface area (Å²) in [5.74, 6) is 0.754. The molecule has 2 aromatic rings. The van der Waals surface area contributed by atoms with Gasteiger partial charge in [-0.1, -0.05) is 37.2 Å². The van der Waals surface area contributed by atoms with Crippen molar-refractivity contribution in [3.8, 4) is 0 Å². The molecule has 0 saturated carbocycles. The van der Waals surface area contributed by atoms with E-state index >= 15 is 0 Å². The van der Waals surface area contributed by atoms with Crippen LogP contribution >= 0.6 is 0 Å². The van der Waals surface area contributed by atoms with Crippen molar-refractivity contribution in [2.45, 2.75) is 53.0 Å². The summed E-state index contributed by atoms with van der Waals surface area (Å²) in [5.41, 5.74) is 3.82. The van der Waals surface area contributed by atoms with Gasteiger partial charge in [-0.3, -0.25) is 9.59 Å². The molecule has 6 nitrogen and oxygen atoms in total. The second-order valence-corrected chi connectivity index (χ2v) is 7.77. The van der Waals surface area contributed by atoms with Crippen LogP contribution in [-0.2, 0) is 16.1 Å². The van der Waals surface area contributed by atoms with E-state index in [2.05, 4.69) is 25.1 Å². The number of hydrogen-bond donors (Lipinski definition) is 0. The van der Waals surface area contributed by atoms with Gasteiger partial charge in [0.2, 0.25) is 11.8 Å². The van der Waals surface area contributed by atoms with Gasteiger partial charge in [0, 0.05) is 31.3 Å². The zero-order chi connectivity index (χ0) is 20.4. The molecule has 1 aliphatic heterocycles. The molecular weight excluding hydrogens is 354 g/mol. The molecule has 2 unspecified atom stereocenters. The second kappa shape index (κ2) is 8.17. The molecule has 0 aliphatic carbocycles. The van der Waals surface area contributed by atoms with Gasteiger partial charge in [-0.25, -0.2) is 0 Å². The predicted octanol–water partition coefficient (Wildman–Crippen LogP) is 3.82. The highest BCUT2D eigenvalue weighted by Crippen LogP contribution is 2.34. The van der Waals surface area contributed by atoms with Crippen LogP contribution in [0.1, 0.15) is 55.2 Å². The van der Waals surface area contributed by atoms with Crippen LogP contribution in [0.2, 0.25) is 0 Å². The number of carbonyl (C=O) groups is 2. The quantitative estimate of drug-likeness (QED) is 0.761. The SMILES string of the molecule is CCC(C)c1ccccc1N1CC(C(=O)N(C)Cc2c(C)noc2C)CC1=O. The molecule has 1 aliphatic rings. The average molecular weight is 383 g/mol. The Hall–Kier alpha value is -2.63. The third-order valence-electron chi connectivity index (χ3n) is 5.80. The van der Waals surface area contributed by atoms with E-state index in [4.69, 9.17) is 4.52 Å². The van der Waals surface area contributed by atoms with Crippen LogP contribution < -0.4 is 4.90 Å². The third kappa shape index (κ3) is 3.81. The molecule has 150 valence electrons. The Morgan fingerprint density at radius 3 is 2.71 bits per heavy atom. The van der Waals surface area contributed by atoms with E-state index in [-0.39, 0.29) is 24.2 Å². The van der Waals surface area contributed by atoms with Crippen molar-refractivity contribution in [3.05, 3.63) is 46.8 Å². The van der Waals surface area contributed by atoms with Gasteiger partial charge in [0.25, 0.3) is 0 Å². The molecule has 0 N–H and O–H groups in total. The molecule has 1 aromatic heterocycles. The number of aryl methyl sites for hydroxylation is 2. The summed E-state index contributed by atoms with van der Waals surface area (Å²) in [7, 11) is 1.77. The molecule has 0 bridgehead atoms. The van der Waals surface area contributed by atoms with E-state index in [1.54, 1.807) is 16.8 Å². The highest BCUT2D eigenvalue weighted by atomic mass is 16.5. The monoisotopic (exact) mass is 383 g/mol. The van der Waals surface area contributed by atoms with Crippen molar-refractivity contribution in [2.24, 2.45) is 5.92 Å². The van der Waals surface area contributed by atoms with Gasteiger partial charge in [0.05, 0.1) is 18.2 Å². The average Bonchev–Trinajstić information content (AvgIpc) is 3.23. The smallest absolute Gasteiger partial charge is 0.228 e. The number of nitrogens with zero attached hydrogens (tertiary/aromatic N) is 3. The van der Waals surface area contributed by atoms with Crippen molar-refractivity contribution in [3.63, 3.8) is 0 Å². The lowest BCUT2D eigenvalue weighted by Gasteiger charge is -2.24. The number of aromatic nitrogens is 1. The molecular formula is C22H29N3O3. The maximum absolute atomic E-state index is 13.0. The van der Waals surface area contributed by atoms with E-state index in [1.807, 2.05) is 32.0 Å². The van der Waals surface area contributed by atoms with Crippen LogP contribution in [0.25, 0.3) is 0 Å². The number of anilines is 1. The van der Waals surface area contributed by atoms with Crippen LogP contribution in [0.5, 0.6) is 0 Å². The highest BCUT2D eigenvalue weighted by Gasteiger charge is 2.37. The van der Waals surface area contributed by atoms with Gasteiger partial charge in [-0.2, -0.15) is 0 Å². The standard InChI is InChI=1S/C22H29N3O3/c1-6-14(2)18-9-7-8-10-20(18)25-12-17(11-21(25)26)22(27)24(5)13-19-15(3)23-28-16(19)4/h7-10,14,17H,6,11-13H2,1-5H3. The van der Waals surface area contributed by atoms with Crippen molar-refractivity contribution in [1.82, 2.24) is 10.1 Å². The summed E-state index contributed by atoms with van der Waals surface area (Å²) in [6.07, 6.45) is 1.25. The summed E-state index contributed by atoms with van der Waals surface area (Å²) in [4.78, 5) is 29.2. The maximum atomic E-state index is 13.0. The lowest BCUT2D eigenvalue weighted by Crippen LogP contribution is -2.34. The van der Waals surface area contributed by atoms with Crippen LogP contribution in [0, 0.1) is 19.8 Å². The fourth-order valence-corrected chi connectivity index (χ4v) is 3.83. The Bertz CT molecular complexity index is 854. The Labute approximate surface area is 166 Å². The zero-order valence-corrected chi connectivity index (χ0v) is 17.4. The Balaban J connectivity index is 1.75. The van der Waals surface area contributed by atoms with E-state index in [1.165, 1.54) is 0 Å². The molecule has 1 aromatic carbocycles. The Morgan fingerprint density at radius 1 is 1.36 bits per heavy atom. The number of amides is 2. The normalized spacial score (nSPS) is 17.8. The van der Waals surface area contributed by atoms with Crippen molar-refractivity contribution in [2.75, 3.05) is 18.5 Å². The molecule has 0 radical (unpaired) electrons. The lowest BCUT2D eigenvalue weighted by molar-refractivity contribution is -0.135. The maximum Gasteiger partial charge on any atom is 0.228 e. The van der Waals surface area contributed by atoms with E-state index in [0.29, 0.717) is 19.0 Å². The minimum atomic E-state index is -0.331. The molecule has 28 heavy (non-hydrogen) atoms. The summed E-state index contributed by atoms with van der Waals surface area (Å²) in [6, 6.07) is 8.02. The topological polar surface area (TPSA) is 66.7 Å². The highest BCUT2D eigenvalue weighted by molar-refractivity contribution is 6.00. The zero-order valence-electron chi connectivity index (χ0n) is 17.4. The largest absolute Gasteiger partial charge is 0.361 e. The van der Waals surface area contributed by atoms with E-state index in [9.17, 15) is 9.59 Å². The molecule has 6 heteroatoms. The predicted molar refractivity (Wildman–Crippen MR) is 108 cm³/mol. The fraction of sp³-hybridized carbons (Fsp3) is 0.500. The Kier molecular flexibility index (Phi) is 5.87. The molecule has 3 rings (SSSR count). The summed E-state index contributed by atoms with van der Waals surface area (Å²) < 4.78 is 5.19. The first-order valence-electron chi connectivity index (χ1n) is 9.89. The van der Waals surface area contributed by atoms with E-state index in [0.717, 1.165) is 34.7 Å². The van der Waals surface area contributed by atoms with Gasteiger partial charge in [0.15, 0.2) is 0 Å². The van der Waals surface area contributed by atoms with Gasteiger partial charge in [-0.15, -0.1) is 0 Å². The summed E-state index contributed by atoms with van der Waals surface area (Å²) in [5, 5.41) is 3.95. The van der Waals surface area contributed by atoms with Gasteiger partial charge >= 0.3 is 0 Å². The number of carbonyl (C=O) groups excluding carboxylic acids is 2. The molecule has 1 fully saturated rings.